The lowest BCUT2D eigenvalue weighted by atomic mass is 9.96. The van der Waals surface area contributed by atoms with Gasteiger partial charge in [0.25, 0.3) is 0 Å². The Labute approximate surface area is 274 Å². The van der Waals surface area contributed by atoms with Crippen LogP contribution in [0.1, 0.15) is 0 Å². The molecular formula is C43H30N4. The van der Waals surface area contributed by atoms with E-state index in [-0.39, 0.29) is 0 Å². The van der Waals surface area contributed by atoms with Gasteiger partial charge in [-0.15, -0.1) is 0 Å². The zero-order valence-corrected chi connectivity index (χ0v) is 25.6. The van der Waals surface area contributed by atoms with Crippen LogP contribution in [-0.4, -0.2) is 15.0 Å². The van der Waals surface area contributed by atoms with Crippen molar-refractivity contribution in [2.75, 3.05) is 5.32 Å². The van der Waals surface area contributed by atoms with Crippen molar-refractivity contribution in [2.24, 2.45) is 0 Å². The normalized spacial score (nSPS) is 11.0. The lowest BCUT2D eigenvalue weighted by Crippen LogP contribution is -2.04. The number of hydrogen-bond donors (Lipinski definition) is 1. The lowest BCUT2D eigenvalue weighted by molar-refractivity contribution is 1.07. The first kappa shape index (κ1) is 28.1. The molecule has 1 N–H and O–H groups in total. The number of anilines is 2. The number of hydrogen-bond acceptors (Lipinski definition) is 4. The number of rotatable bonds is 7. The molecule has 0 atom stereocenters. The molecule has 8 rings (SSSR count). The van der Waals surface area contributed by atoms with Crippen LogP contribution in [0.5, 0.6) is 0 Å². The molecule has 0 aliphatic carbocycles. The molecule has 0 aliphatic heterocycles. The Morgan fingerprint density at radius 3 is 1.30 bits per heavy atom. The molecule has 222 valence electrons. The van der Waals surface area contributed by atoms with Gasteiger partial charge in [0.05, 0.1) is 0 Å². The average Bonchev–Trinajstić information content (AvgIpc) is 3.15. The van der Waals surface area contributed by atoms with E-state index in [4.69, 9.17) is 15.0 Å². The van der Waals surface area contributed by atoms with Gasteiger partial charge in [0.15, 0.2) is 11.6 Å². The zero-order valence-electron chi connectivity index (χ0n) is 25.6. The number of aromatic nitrogens is 3. The quantitative estimate of drug-likeness (QED) is 0.197. The highest BCUT2D eigenvalue weighted by molar-refractivity contribution is 5.95. The summed E-state index contributed by atoms with van der Waals surface area (Å²) in [5.41, 5.74) is 9.40. The fraction of sp³-hybridized carbons (Fsp3) is 0. The van der Waals surface area contributed by atoms with E-state index in [2.05, 4.69) is 133 Å². The number of benzene rings is 7. The maximum atomic E-state index is 5.08. The van der Waals surface area contributed by atoms with Crippen molar-refractivity contribution in [1.29, 1.82) is 0 Å². The summed E-state index contributed by atoms with van der Waals surface area (Å²) in [7, 11) is 0. The van der Waals surface area contributed by atoms with Crippen LogP contribution in [0.2, 0.25) is 0 Å². The predicted octanol–water partition coefficient (Wildman–Crippen LogP) is 11.1. The van der Waals surface area contributed by atoms with E-state index in [1.807, 2.05) is 48.5 Å². The van der Waals surface area contributed by atoms with E-state index in [1.54, 1.807) is 0 Å². The zero-order chi connectivity index (χ0) is 31.4. The van der Waals surface area contributed by atoms with Gasteiger partial charge in [-0.25, -0.2) is 4.98 Å². The Bertz CT molecular complexity index is 2250. The molecule has 0 fully saturated rings. The summed E-state index contributed by atoms with van der Waals surface area (Å²) in [6.07, 6.45) is 0. The molecule has 0 amide bonds. The first-order valence-electron chi connectivity index (χ1n) is 15.7. The minimum Gasteiger partial charge on any atom is -0.323 e. The molecule has 0 bridgehead atoms. The van der Waals surface area contributed by atoms with Crippen molar-refractivity contribution in [2.45, 2.75) is 0 Å². The highest BCUT2D eigenvalue weighted by Gasteiger charge is 2.16. The van der Waals surface area contributed by atoms with Gasteiger partial charge in [0.1, 0.15) is 0 Å². The standard InChI is InChI=1S/C43H30N4/c1-5-15-30(16-6-1)36-25-37(31-17-7-2-8-18-31)27-38(26-36)42-45-41(33-21-11-4-12-22-33)46-43(47-42)44-40-29-35-24-14-13-23-34(35)28-39(40)32-19-9-3-10-20-32/h1-29H,(H,44,45,46,47). The maximum Gasteiger partial charge on any atom is 0.231 e. The van der Waals surface area contributed by atoms with Crippen molar-refractivity contribution in [3.63, 3.8) is 0 Å². The van der Waals surface area contributed by atoms with Crippen LogP contribution in [0, 0.1) is 0 Å². The van der Waals surface area contributed by atoms with Crippen LogP contribution in [0.3, 0.4) is 0 Å². The summed E-state index contributed by atoms with van der Waals surface area (Å²) < 4.78 is 0. The van der Waals surface area contributed by atoms with E-state index >= 15 is 0 Å². The van der Waals surface area contributed by atoms with Gasteiger partial charge < -0.3 is 5.32 Å². The minimum atomic E-state index is 0.479. The van der Waals surface area contributed by atoms with E-state index in [0.717, 1.165) is 55.6 Å². The molecule has 4 heteroatoms. The first-order chi connectivity index (χ1) is 23.3. The third-order valence-electron chi connectivity index (χ3n) is 8.29. The molecule has 1 aromatic heterocycles. The predicted molar refractivity (Wildman–Crippen MR) is 194 cm³/mol. The molecule has 0 radical (unpaired) electrons. The summed E-state index contributed by atoms with van der Waals surface area (Å²) in [6, 6.07) is 60.7. The smallest absolute Gasteiger partial charge is 0.231 e. The minimum absolute atomic E-state index is 0.479. The van der Waals surface area contributed by atoms with Gasteiger partial charge in [-0.05, 0) is 68.9 Å². The molecule has 0 aliphatic rings. The van der Waals surface area contributed by atoms with Crippen molar-refractivity contribution in [1.82, 2.24) is 15.0 Å². The van der Waals surface area contributed by atoms with E-state index in [1.165, 1.54) is 5.39 Å². The second-order valence-corrected chi connectivity index (χ2v) is 11.4. The van der Waals surface area contributed by atoms with Gasteiger partial charge >= 0.3 is 0 Å². The van der Waals surface area contributed by atoms with Crippen molar-refractivity contribution >= 4 is 22.4 Å². The number of fused-ring (bicyclic) bond motifs is 1. The van der Waals surface area contributed by atoms with Crippen LogP contribution in [0.4, 0.5) is 11.6 Å². The van der Waals surface area contributed by atoms with Crippen molar-refractivity contribution in [3.05, 3.63) is 176 Å². The fourth-order valence-corrected chi connectivity index (χ4v) is 5.95. The first-order valence-corrected chi connectivity index (χ1v) is 15.7. The molecule has 47 heavy (non-hydrogen) atoms. The van der Waals surface area contributed by atoms with Crippen LogP contribution < -0.4 is 5.32 Å². The van der Waals surface area contributed by atoms with Gasteiger partial charge in [0.2, 0.25) is 5.95 Å². The van der Waals surface area contributed by atoms with Gasteiger partial charge in [-0.1, -0.05) is 146 Å². The maximum absolute atomic E-state index is 5.08. The Morgan fingerprint density at radius 1 is 0.319 bits per heavy atom. The largest absolute Gasteiger partial charge is 0.323 e. The summed E-state index contributed by atoms with van der Waals surface area (Å²) in [5.74, 6) is 1.68. The van der Waals surface area contributed by atoms with E-state index < -0.39 is 0 Å². The van der Waals surface area contributed by atoms with Gasteiger partial charge in [-0.3, -0.25) is 0 Å². The van der Waals surface area contributed by atoms with E-state index in [0.29, 0.717) is 17.6 Å². The molecule has 7 aromatic carbocycles. The SMILES string of the molecule is c1ccc(-c2cc(-c3ccccc3)cc(-c3nc(Nc4cc5ccccc5cc4-c4ccccc4)nc(-c4ccccc4)n3)c2)cc1. The molecule has 0 spiro atoms. The lowest BCUT2D eigenvalue weighted by Gasteiger charge is -2.15. The molecule has 1 heterocycles. The second-order valence-electron chi connectivity index (χ2n) is 11.4. The van der Waals surface area contributed by atoms with Gasteiger partial charge in [-0.2, -0.15) is 9.97 Å². The van der Waals surface area contributed by atoms with Crippen LogP contribution >= 0.6 is 0 Å². The van der Waals surface area contributed by atoms with Crippen molar-refractivity contribution in [3.8, 4) is 56.2 Å². The third kappa shape index (κ3) is 6.00. The summed E-state index contributed by atoms with van der Waals surface area (Å²) >= 11 is 0. The summed E-state index contributed by atoms with van der Waals surface area (Å²) in [6.45, 7) is 0. The van der Waals surface area contributed by atoms with Crippen LogP contribution in [0.15, 0.2) is 176 Å². The highest BCUT2D eigenvalue weighted by atomic mass is 15.2. The van der Waals surface area contributed by atoms with Crippen LogP contribution in [-0.2, 0) is 0 Å². The van der Waals surface area contributed by atoms with Gasteiger partial charge in [0, 0.05) is 22.4 Å². The van der Waals surface area contributed by atoms with Crippen LogP contribution in [0.25, 0.3) is 66.9 Å². The third-order valence-corrected chi connectivity index (χ3v) is 8.29. The number of nitrogens with zero attached hydrogens (tertiary/aromatic N) is 3. The Hall–Kier alpha value is -6.39. The molecule has 0 unspecified atom stereocenters. The topological polar surface area (TPSA) is 50.7 Å². The molecular weight excluding hydrogens is 573 g/mol. The second kappa shape index (κ2) is 12.5. The Morgan fingerprint density at radius 2 is 0.745 bits per heavy atom. The average molecular weight is 603 g/mol. The monoisotopic (exact) mass is 602 g/mol. The molecule has 0 saturated carbocycles. The molecule has 0 saturated heterocycles. The fourth-order valence-electron chi connectivity index (χ4n) is 5.95. The molecule has 8 aromatic rings. The Kier molecular flexibility index (Phi) is 7.50. The summed E-state index contributed by atoms with van der Waals surface area (Å²) in [5, 5.41) is 5.92. The Balaban J connectivity index is 1.31. The summed E-state index contributed by atoms with van der Waals surface area (Å²) in [4.78, 5) is 15.1. The number of nitrogens with one attached hydrogen (secondary N) is 1. The molecule has 4 nitrogen and oxygen atoms in total. The van der Waals surface area contributed by atoms with Crippen molar-refractivity contribution < 1.29 is 0 Å². The highest BCUT2D eigenvalue weighted by Crippen LogP contribution is 2.36. The van der Waals surface area contributed by atoms with E-state index in [9.17, 15) is 0 Å².